The lowest BCUT2D eigenvalue weighted by molar-refractivity contribution is 0.609. The summed E-state index contributed by atoms with van der Waals surface area (Å²) in [6.07, 6.45) is 1.68. The molecule has 0 radical (unpaired) electrons. The Morgan fingerprint density at radius 1 is 1.47 bits per heavy atom. The van der Waals surface area contributed by atoms with Crippen molar-refractivity contribution < 1.29 is 8.42 Å². The Hall–Kier alpha value is -1.07. The minimum atomic E-state index is -3.67. The molecule has 1 aromatic heterocycles. The quantitative estimate of drug-likeness (QED) is 0.759. The van der Waals surface area contributed by atoms with Crippen molar-refractivity contribution in [3.05, 3.63) is 24.5 Å². The molecule has 0 N–H and O–H groups in total. The molecule has 0 spiro atoms. The summed E-state index contributed by atoms with van der Waals surface area (Å²) in [6, 6.07) is 4.67. The Morgan fingerprint density at radius 2 is 2.20 bits per heavy atom. The molecule has 6 heteroatoms. The zero-order valence-electron chi connectivity index (χ0n) is 8.01. The van der Waals surface area contributed by atoms with Crippen molar-refractivity contribution in [1.82, 2.24) is 9.55 Å². The lowest BCUT2D eigenvalue weighted by atomic mass is 10.3. The highest BCUT2D eigenvalue weighted by atomic mass is 35.7. The third-order valence-corrected chi connectivity index (χ3v) is 3.57. The summed E-state index contributed by atoms with van der Waals surface area (Å²) in [7, 11) is 1.57. The van der Waals surface area contributed by atoms with E-state index in [0.29, 0.717) is 5.52 Å². The number of aryl methyl sites for hydroxylation is 1. The van der Waals surface area contributed by atoms with E-state index in [9.17, 15) is 8.42 Å². The highest BCUT2D eigenvalue weighted by Crippen LogP contribution is 2.20. The summed E-state index contributed by atoms with van der Waals surface area (Å²) >= 11 is 0. The molecule has 1 heterocycles. The molecular weight excluding hydrogens is 236 g/mol. The topological polar surface area (TPSA) is 52.0 Å². The summed E-state index contributed by atoms with van der Waals surface area (Å²) in [5.41, 5.74) is 1.54. The van der Waals surface area contributed by atoms with Gasteiger partial charge in [0.15, 0.2) is 0 Å². The lowest BCUT2D eigenvalue weighted by Crippen LogP contribution is -1.92. The predicted octanol–water partition coefficient (Wildman–Crippen LogP) is 1.98. The molecular formula is C9H9ClN2O2S. The minimum absolute atomic E-state index is 0.0815. The van der Waals surface area contributed by atoms with Gasteiger partial charge in [-0.3, -0.25) is 0 Å². The molecule has 0 unspecified atom stereocenters. The molecule has 2 rings (SSSR count). The number of benzene rings is 1. The van der Waals surface area contributed by atoms with Crippen LogP contribution in [0.3, 0.4) is 0 Å². The second-order valence-electron chi connectivity index (χ2n) is 3.12. The van der Waals surface area contributed by atoms with E-state index in [1.807, 2.05) is 11.5 Å². The highest BCUT2D eigenvalue weighted by molar-refractivity contribution is 8.13. The normalized spacial score (nSPS) is 12.1. The molecule has 0 atom stereocenters. The Labute approximate surface area is 91.9 Å². The van der Waals surface area contributed by atoms with Crippen molar-refractivity contribution in [2.45, 2.75) is 18.4 Å². The van der Waals surface area contributed by atoms with Crippen molar-refractivity contribution in [3.8, 4) is 0 Å². The second kappa shape index (κ2) is 3.50. The van der Waals surface area contributed by atoms with Crippen LogP contribution < -0.4 is 0 Å². The van der Waals surface area contributed by atoms with Crippen LogP contribution in [0, 0.1) is 0 Å². The molecule has 0 fully saturated rings. The van der Waals surface area contributed by atoms with Gasteiger partial charge in [0.2, 0.25) is 0 Å². The van der Waals surface area contributed by atoms with Crippen LogP contribution >= 0.6 is 10.7 Å². The van der Waals surface area contributed by atoms with E-state index in [1.54, 1.807) is 12.4 Å². The van der Waals surface area contributed by atoms with Gasteiger partial charge in [0.1, 0.15) is 0 Å². The molecule has 2 aromatic rings. The van der Waals surface area contributed by atoms with E-state index >= 15 is 0 Å². The third-order valence-electron chi connectivity index (χ3n) is 2.21. The SMILES string of the molecule is CCn1cnc2cc(S(=O)(=O)Cl)ccc21. The number of halogens is 1. The first kappa shape index (κ1) is 10.4. The van der Waals surface area contributed by atoms with Crippen LogP contribution in [0.2, 0.25) is 0 Å². The number of hydrogen-bond donors (Lipinski definition) is 0. The fourth-order valence-corrected chi connectivity index (χ4v) is 2.22. The largest absolute Gasteiger partial charge is 0.331 e. The number of hydrogen-bond acceptors (Lipinski definition) is 3. The summed E-state index contributed by atoms with van der Waals surface area (Å²) in [4.78, 5) is 4.19. The van der Waals surface area contributed by atoms with Crippen LogP contribution in [0.4, 0.5) is 0 Å². The maximum absolute atomic E-state index is 11.1. The van der Waals surface area contributed by atoms with E-state index in [4.69, 9.17) is 10.7 Å². The Bertz CT molecular complexity index is 604. The van der Waals surface area contributed by atoms with Crippen LogP contribution in [0.5, 0.6) is 0 Å². The fraction of sp³-hybridized carbons (Fsp3) is 0.222. The first-order valence-electron chi connectivity index (χ1n) is 4.42. The lowest BCUT2D eigenvalue weighted by Gasteiger charge is -1.99. The van der Waals surface area contributed by atoms with Crippen molar-refractivity contribution >= 4 is 30.8 Å². The van der Waals surface area contributed by atoms with Gasteiger partial charge in [0.05, 0.1) is 22.3 Å². The number of fused-ring (bicyclic) bond motifs is 1. The van der Waals surface area contributed by atoms with Crippen molar-refractivity contribution in [2.24, 2.45) is 0 Å². The summed E-state index contributed by atoms with van der Waals surface area (Å²) in [6.45, 7) is 2.79. The third kappa shape index (κ3) is 1.85. The average molecular weight is 245 g/mol. The summed E-state index contributed by atoms with van der Waals surface area (Å²) in [5, 5.41) is 0. The molecule has 0 amide bonds. The Kier molecular flexibility index (Phi) is 2.44. The number of imidazole rings is 1. The molecule has 0 aliphatic rings. The number of nitrogens with zero attached hydrogens (tertiary/aromatic N) is 2. The molecule has 4 nitrogen and oxygen atoms in total. The monoisotopic (exact) mass is 244 g/mol. The van der Waals surface area contributed by atoms with Gasteiger partial charge in [0, 0.05) is 17.2 Å². The zero-order valence-corrected chi connectivity index (χ0v) is 9.59. The van der Waals surface area contributed by atoms with Gasteiger partial charge in [-0.15, -0.1) is 0 Å². The van der Waals surface area contributed by atoms with E-state index in [2.05, 4.69) is 4.98 Å². The smallest absolute Gasteiger partial charge is 0.261 e. The maximum atomic E-state index is 11.1. The van der Waals surface area contributed by atoms with Crippen LogP contribution in [0.15, 0.2) is 29.4 Å². The maximum Gasteiger partial charge on any atom is 0.261 e. The van der Waals surface area contributed by atoms with Gasteiger partial charge in [-0.25, -0.2) is 13.4 Å². The second-order valence-corrected chi connectivity index (χ2v) is 5.68. The molecule has 0 saturated heterocycles. The molecule has 80 valence electrons. The average Bonchev–Trinajstić information content (AvgIpc) is 2.58. The molecule has 0 saturated carbocycles. The van der Waals surface area contributed by atoms with Crippen LogP contribution in [-0.4, -0.2) is 18.0 Å². The van der Waals surface area contributed by atoms with Crippen LogP contribution in [0.1, 0.15) is 6.92 Å². The first-order chi connectivity index (χ1) is 7.02. The Morgan fingerprint density at radius 3 is 2.80 bits per heavy atom. The summed E-state index contributed by atoms with van der Waals surface area (Å²) in [5.74, 6) is 0. The van der Waals surface area contributed by atoms with Gasteiger partial charge in [-0.2, -0.15) is 0 Å². The first-order valence-corrected chi connectivity index (χ1v) is 6.73. The Balaban J connectivity index is 2.69. The summed E-state index contributed by atoms with van der Waals surface area (Å²) < 4.78 is 24.1. The standard InChI is InChI=1S/C9H9ClN2O2S/c1-2-12-6-11-8-5-7(15(10,13)14)3-4-9(8)12/h3-6H,2H2,1H3. The van der Waals surface area contributed by atoms with Crippen molar-refractivity contribution in [1.29, 1.82) is 0 Å². The van der Waals surface area contributed by atoms with Gasteiger partial charge in [0.25, 0.3) is 9.05 Å². The molecule has 15 heavy (non-hydrogen) atoms. The predicted molar refractivity (Wildman–Crippen MR) is 58.4 cm³/mol. The molecule has 0 aliphatic carbocycles. The van der Waals surface area contributed by atoms with Crippen LogP contribution in [-0.2, 0) is 15.6 Å². The highest BCUT2D eigenvalue weighted by Gasteiger charge is 2.11. The van der Waals surface area contributed by atoms with Gasteiger partial charge in [-0.05, 0) is 25.1 Å². The molecule has 0 aliphatic heterocycles. The van der Waals surface area contributed by atoms with Gasteiger partial charge in [-0.1, -0.05) is 0 Å². The molecule has 0 bridgehead atoms. The van der Waals surface area contributed by atoms with E-state index in [1.165, 1.54) is 12.1 Å². The number of aromatic nitrogens is 2. The zero-order chi connectivity index (χ0) is 11.1. The number of rotatable bonds is 2. The van der Waals surface area contributed by atoms with E-state index in [-0.39, 0.29) is 4.90 Å². The van der Waals surface area contributed by atoms with Gasteiger partial charge >= 0.3 is 0 Å². The minimum Gasteiger partial charge on any atom is -0.331 e. The van der Waals surface area contributed by atoms with Gasteiger partial charge < -0.3 is 4.57 Å². The van der Waals surface area contributed by atoms with E-state index in [0.717, 1.165) is 12.1 Å². The van der Waals surface area contributed by atoms with Crippen molar-refractivity contribution in [3.63, 3.8) is 0 Å². The van der Waals surface area contributed by atoms with Crippen molar-refractivity contribution in [2.75, 3.05) is 0 Å². The van der Waals surface area contributed by atoms with Crippen LogP contribution in [0.25, 0.3) is 11.0 Å². The fourth-order valence-electron chi connectivity index (χ4n) is 1.45. The molecule has 1 aromatic carbocycles. The van der Waals surface area contributed by atoms with E-state index < -0.39 is 9.05 Å².